The summed E-state index contributed by atoms with van der Waals surface area (Å²) in [5.74, 6) is 0.710. The van der Waals surface area contributed by atoms with Crippen LogP contribution in [0.3, 0.4) is 0 Å². The maximum Gasteiger partial charge on any atom is 0.121 e. The van der Waals surface area contributed by atoms with Gasteiger partial charge in [0.2, 0.25) is 0 Å². The van der Waals surface area contributed by atoms with Gasteiger partial charge in [0.05, 0.1) is 0 Å². The van der Waals surface area contributed by atoms with Crippen LogP contribution >= 0.6 is 0 Å². The summed E-state index contributed by atoms with van der Waals surface area (Å²) >= 11 is 0. The lowest BCUT2D eigenvalue weighted by molar-refractivity contribution is -0.108. The summed E-state index contributed by atoms with van der Waals surface area (Å²) < 4.78 is 0. The van der Waals surface area contributed by atoms with Crippen molar-refractivity contribution in [3.8, 4) is 0 Å². The van der Waals surface area contributed by atoms with Gasteiger partial charge >= 0.3 is 0 Å². The number of rotatable bonds is 6. The number of carbonyl (C=O) groups excluding carboxylic acids is 1. The molecule has 1 aliphatic carbocycles. The molecule has 0 radical (unpaired) electrons. The standard InChI is InChI=1S/C12H23NO/c1-11(2)10-13(8-5-9-14)12-6-3-4-7-12/h9,11-12H,3-8,10H2,1-2H3. The average Bonchev–Trinajstić information content (AvgIpc) is 2.64. The fourth-order valence-corrected chi connectivity index (χ4v) is 2.38. The molecular weight excluding hydrogens is 174 g/mol. The van der Waals surface area contributed by atoms with E-state index in [0.29, 0.717) is 12.3 Å². The fraction of sp³-hybridized carbons (Fsp3) is 0.917. The molecule has 0 heterocycles. The van der Waals surface area contributed by atoms with Crippen LogP contribution < -0.4 is 0 Å². The summed E-state index contributed by atoms with van der Waals surface area (Å²) in [6.45, 7) is 6.62. The first-order valence-corrected chi connectivity index (χ1v) is 5.91. The van der Waals surface area contributed by atoms with Crippen molar-refractivity contribution in [1.82, 2.24) is 4.90 Å². The minimum absolute atomic E-state index is 0.698. The largest absolute Gasteiger partial charge is 0.303 e. The second kappa shape index (κ2) is 6.18. The van der Waals surface area contributed by atoms with Crippen LogP contribution in [0.15, 0.2) is 0 Å². The summed E-state index contributed by atoms with van der Waals surface area (Å²) in [6, 6.07) is 0.761. The van der Waals surface area contributed by atoms with Crippen molar-refractivity contribution in [3.05, 3.63) is 0 Å². The van der Waals surface area contributed by atoms with Crippen LogP contribution in [0.5, 0.6) is 0 Å². The minimum atomic E-state index is 0.698. The Labute approximate surface area is 87.7 Å². The van der Waals surface area contributed by atoms with Gasteiger partial charge in [-0.3, -0.25) is 4.90 Å². The third-order valence-electron chi connectivity index (χ3n) is 2.97. The molecule has 0 aromatic rings. The van der Waals surface area contributed by atoms with E-state index in [2.05, 4.69) is 18.7 Å². The summed E-state index contributed by atoms with van der Waals surface area (Å²) in [5, 5.41) is 0. The molecule has 0 N–H and O–H groups in total. The Morgan fingerprint density at radius 1 is 1.36 bits per heavy atom. The van der Waals surface area contributed by atoms with Crippen molar-refractivity contribution in [2.45, 2.75) is 52.0 Å². The molecule has 1 fully saturated rings. The molecular formula is C12H23NO. The smallest absolute Gasteiger partial charge is 0.121 e. The van der Waals surface area contributed by atoms with E-state index in [0.717, 1.165) is 25.4 Å². The lowest BCUT2D eigenvalue weighted by atomic mass is 10.1. The number of hydrogen-bond donors (Lipinski definition) is 0. The zero-order valence-electron chi connectivity index (χ0n) is 9.54. The third-order valence-corrected chi connectivity index (χ3v) is 2.97. The van der Waals surface area contributed by atoms with Gasteiger partial charge in [0, 0.05) is 25.6 Å². The van der Waals surface area contributed by atoms with E-state index >= 15 is 0 Å². The monoisotopic (exact) mass is 197 g/mol. The lowest BCUT2D eigenvalue weighted by Gasteiger charge is -2.29. The Hall–Kier alpha value is -0.370. The second-order valence-corrected chi connectivity index (χ2v) is 4.78. The van der Waals surface area contributed by atoms with Crippen LogP contribution in [0.2, 0.25) is 0 Å². The van der Waals surface area contributed by atoms with Crippen molar-refractivity contribution in [2.75, 3.05) is 13.1 Å². The van der Waals surface area contributed by atoms with E-state index in [1.807, 2.05) is 0 Å². The van der Waals surface area contributed by atoms with Gasteiger partial charge in [-0.05, 0) is 18.8 Å². The van der Waals surface area contributed by atoms with Crippen molar-refractivity contribution in [3.63, 3.8) is 0 Å². The SMILES string of the molecule is CC(C)CN(CCC=O)C1CCCC1. The highest BCUT2D eigenvalue weighted by molar-refractivity contribution is 5.49. The first-order valence-electron chi connectivity index (χ1n) is 5.91. The molecule has 0 bridgehead atoms. The van der Waals surface area contributed by atoms with Crippen molar-refractivity contribution in [2.24, 2.45) is 5.92 Å². The van der Waals surface area contributed by atoms with Gasteiger partial charge in [-0.1, -0.05) is 26.7 Å². The molecule has 2 nitrogen and oxygen atoms in total. The van der Waals surface area contributed by atoms with Crippen LogP contribution in [0.4, 0.5) is 0 Å². The molecule has 0 aromatic heterocycles. The van der Waals surface area contributed by atoms with Gasteiger partial charge in [0.15, 0.2) is 0 Å². The second-order valence-electron chi connectivity index (χ2n) is 4.78. The van der Waals surface area contributed by atoms with Crippen molar-refractivity contribution in [1.29, 1.82) is 0 Å². The molecule has 1 aliphatic rings. The molecule has 1 rings (SSSR count). The minimum Gasteiger partial charge on any atom is -0.303 e. The van der Waals surface area contributed by atoms with E-state index in [9.17, 15) is 4.79 Å². The molecule has 0 atom stereocenters. The van der Waals surface area contributed by atoms with Gasteiger partial charge in [0.1, 0.15) is 6.29 Å². The Morgan fingerprint density at radius 3 is 2.50 bits per heavy atom. The zero-order chi connectivity index (χ0) is 10.4. The van der Waals surface area contributed by atoms with E-state index in [1.165, 1.54) is 25.7 Å². The topological polar surface area (TPSA) is 20.3 Å². The van der Waals surface area contributed by atoms with Crippen molar-refractivity contribution < 1.29 is 4.79 Å². The molecule has 0 amide bonds. The van der Waals surface area contributed by atoms with Crippen LogP contribution in [0.25, 0.3) is 0 Å². The molecule has 0 aromatic carbocycles. The number of carbonyl (C=O) groups is 1. The van der Waals surface area contributed by atoms with Crippen LogP contribution in [0, 0.1) is 5.92 Å². The van der Waals surface area contributed by atoms with Gasteiger partial charge < -0.3 is 4.79 Å². The number of nitrogens with zero attached hydrogens (tertiary/aromatic N) is 1. The predicted molar refractivity (Wildman–Crippen MR) is 59.3 cm³/mol. The highest BCUT2D eigenvalue weighted by atomic mass is 16.1. The molecule has 14 heavy (non-hydrogen) atoms. The fourth-order valence-electron chi connectivity index (χ4n) is 2.38. The Kier molecular flexibility index (Phi) is 5.16. The first-order chi connectivity index (χ1) is 6.74. The predicted octanol–water partition coefficient (Wildman–Crippen LogP) is 2.48. The van der Waals surface area contributed by atoms with E-state index in [1.54, 1.807) is 0 Å². The van der Waals surface area contributed by atoms with Crippen LogP contribution in [-0.4, -0.2) is 30.3 Å². The average molecular weight is 197 g/mol. The molecule has 0 saturated heterocycles. The highest BCUT2D eigenvalue weighted by Gasteiger charge is 2.22. The van der Waals surface area contributed by atoms with E-state index in [4.69, 9.17) is 0 Å². The summed E-state index contributed by atoms with van der Waals surface area (Å²) in [7, 11) is 0. The summed E-state index contributed by atoms with van der Waals surface area (Å²) in [5.41, 5.74) is 0. The molecule has 0 unspecified atom stereocenters. The Morgan fingerprint density at radius 2 is 2.00 bits per heavy atom. The van der Waals surface area contributed by atoms with Crippen molar-refractivity contribution >= 4 is 6.29 Å². The maximum absolute atomic E-state index is 10.4. The summed E-state index contributed by atoms with van der Waals surface area (Å²) in [4.78, 5) is 12.9. The Bertz CT molecular complexity index is 162. The quantitative estimate of drug-likeness (QED) is 0.610. The Balaban J connectivity index is 2.37. The summed E-state index contributed by atoms with van der Waals surface area (Å²) in [6.07, 6.45) is 7.17. The van der Waals surface area contributed by atoms with Crippen LogP contribution in [-0.2, 0) is 4.79 Å². The number of aldehydes is 1. The van der Waals surface area contributed by atoms with Crippen LogP contribution in [0.1, 0.15) is 46.0 Å². The van der Waals surface area contributed by atoms with Gasteiger partial charge in [0.25, 0.3) is 0 Å². The molecule has 82 valence electrons. The maximum atomic E-state index is 10.4. The van der Waals surface area contributed by atoms with Gasteiger partial charge in [-0.25, -0.2) is 0 Å². The van der Waals surface area contributed by atoms with Gasteiger partial charge in [-0.15, -0.1) is 0 Å². The lowest BCUT2D eigenvalue weighted by Crippen LogP contribution is -2.37. The normalized spacial score (nSPS) is 18.3. The highest BCUT2D eigenvalue weighted by Crippen LogP contribution is 2.24. The first kappa shape index (κ1) is 11.7. The zero-order valence-corrected chi connectivity index (χ0v) is 9.54. The van der Waals surface area contributed by atoms with E-state index in [-0.39, 0.29) is 0 Å². The van der Waals surface area contributed by atoms with Gasteiger partial charge in [-0.2, -0.15) is 0 Å². The molecule has 1 saturated carbocycles. The molecule has 2 heteroatoms. The third kappa shape index (κ3) is 3.79. The number of hydrogen-bond acceptors (Lipinski definition) is 2. The van der Waals surface area contributed by atoms with E-state index < -0.39 is 0 Å². The molecule has 0 aliphatic heterocycles. The molecule has 0 spiro atoms.